The van der Waals surface area contributed by atoms with Crippen molar-refractivity contribution in [3.8, 4) is 0 Å². The Bertz CT molecular complexity index is 295. The van der Waals surface area contributed by atoms with E-state index in [9.17, 15) is 0 Å². The first-order valence-electron chi connectivity index (χ1n) is 3.79. The molecule has 0 aliphatic carbocycles. The van der Waals surface area contributed by atoms with Crippen LogP contribution < -0.4 is 0 Å². The fourth-order valence-electron chi connectivity index (χ4n) is 1.04. The molecule has 1 aromatic rings. The van der Waals surface area contributed by atoms with Gasteiger partial charge < -0.3 is 0 Å². The van der Waals surface area contributed by atoms with E-state index in [4.69, 9.17) is 5.53 Å². The molecule has 0 aromatic carbocycles. The summed E-state index contributed by atoms with van der Waals surface area (Å²) in [4.78, 5) is 2.69. The zero-order valence-corrected chi connectivity index (χ0v) is 7.18. The van der Waals surface area contributed by atoms with Crippen LogP contribution in [0.15, 0.2) is 17.4 Å². The Morgan fingerprint density at radius 1 is 1.75 bits per heavy atom. The van der Waals surface area contributed by atoms with Gasteiger partial charge in [-0.05, 0) is 25.4 Å². The first-order chi connectivity index (χ1) is 5.75. The zero-order valence-electron chi connectivity index (χ0n) is 7.18. The number of hydrogen-bond donors (Lipinski definition) is 0. The van der Waals surface area contributed by atoms with Crippen molar-refractivity contribution in [2.24, 2.45) is 5.11 Å². The van der Waals surface area contributed by atoms with Crippen molar-refractivity contribution in [1.82, 2.24) is 9.78 Å². The predicted octanol–water partition coefficient (Wildman–Crippen LogP) is 2.27. The lowest BCUT2D eigenvalue weighted by Crippen LogP contribution is -2.06. The summed E-state index contributed by atoms with van der Waals surface area (Å²) < 4.78 is 1.84. The third kappa shape index (κ3) is 1.77. The second kappa shape index (κ2) is 3.78. The molecule has 0 atom stereocenters. The van der Waals surface area contributed by atoms with E-state index in [0.717, 1.165) is 5.69 Å². The lowest BCUT2D eigenvalue weighted by molar-refractivity contribution is 0.510. The van der Waals surface area contributed by atoms with Gasteiger partial charge in [0.2, 0.25) is 0 Å². The molecular weight excluding hydrogens is 154 g/mol. The molecule has 0 saturated carbocycles. The summed E-state index contributed by atoms with van der Waals surface area (Å²) >= 11 is 0. The molecule has 0 saturated heterocycles. The molecule has 0 N–H and O–H groups in total. The summed E-state index contributed by atoms with van der Waals surface area (Å²) in [5.41, 5.74) is 9.07. The predicted molar refractivity (Wildman–Crippen MR) is 45.5 cm³/mol. The Labute approximate surface area is 70.6 Å². The fourth-order valence-corrected chi connectivity index (χ4v) is 1.04. The molecule has 12 heavy (non-hydrogen) atoms. The smallest absolute Gasteiger partial charge is 0.0681 e. The minimum atomic E-state index is 0.309. The zero-order chi connectivity index (χ0) is 8.97. The maximum absolute atomic E-state index is 8.12. The van der Waals surface area contributed by atoms with Gasteiger partial charge in [-0.3, -0.25) is 4.68 Å². The third-order valence-electron chi connectivity index (χ3n) is 1.54. The molecule has 64 valence electrons. The molecule has 1 heterocycles. The van der Waals surface area contributed by atoms with Gasteiger partial charge in [-0.1, -0.05) is 5.11 Å². The van der Waals surface area contributed by atoms with E-state index in [0.29, 0.717) is 12.6 Å². The lowest BCUT2D eigenvalue weighted by atomic mass is 10.3. The molecule has 1 rings (SSSR count). The molecular formula is C7H11N5. The molecule has 0 aliphatic heterocycles. The summed E-state index contributed by atoms with van der Waals surface area (Å²) in [6.07, 6.45) is 1.71. The van der Waals surface area contributed by atoms with E-state index in [-0.39, 0.29) is 0 Å². The van der Waals surface area contributed by atoms with Crippen LogP contribution in [0.3, 0.4) is 0 Å². The Morgan fingerprint density at radius 2 is 2.50 bits per heavy atom. The quantitative estimate of drug-likeness (QED) is 0.385. The average molecular weight is 165 g/mol. The minimum absolute atomic E-state index is 0.309. The Balaban J connectivity index is 2.83. The second-order valence-electron chi connectivity index (χ2n) is 2.75. The number of hydrogen-bond acceptors (Lipinski definition) is 2. The van der Waals surface area contributed by atoms with Gasteiger partial charge in [0.1, 0.15) is 0 Å². The molecule has 0 aliphatic rings. The Hall–Kier alpha value is -1.48. The van der Waals surface area contributed by atoms with Crippen LogP contribution >= 0.6 is 0 Å². The van der Waals surface area contributed by atoms with Crippen molar-refractivity contribution in [3.05, 3.63) is 28.4 Å². The summed E-state index contributed by atoms with van der Waals surface area (Å²) in [5.74, 6) is 0. The molecule has 1 aromatic heterocycles. The molecule has 0 fully saturated rings. The molecule has 0 bridgehead atoms. The number of nitrogens with zero attached hydrogens (tertiary/aromatic N) is 5. The van der Waals surface area contributed by atoms with Gasteiger partial charge in [0.05, 0.1) is 6.54 Å². The lowest BCUT2D eigenvalue weighted by Gasteiger charge is -2.08. The summed E-state index contributed by atoms with van der Waals surface area (Å²) in [6.45, 7) is 4.44. The third-order valence-corrected chi connectivity index (χ3v) is 1.54. The highest BCUT2D eigenvalue weighted by molar-refractivity contribution is 5.01. The first kappa shape index (κ1) is 8.62. The van der Waals surface area contributed by atoms with E-state index in [1.54, 1.807) is 6.20 Å². The van der Waals surface area contributed by atoms with E-state index < -0.39 is 0 Å². The normalized spacial score (nSPS) is 9.92. The summed E-state index contributed by atoms with van der Waals surface area (Å²) in [6, 6.07) is 2.16. The number of azide groups is 1. The van der Waals surface area contributed by atoms with Crippen molar-refractivity contribution in [2.45, 2.75) is 26.4 Å². The Kier molecular flexibility index (Phi) is 2.71. The fraction of sp³-hybridized carbons (Fsp3) is 0.571. The highest BCUT2D eigenvalue weighted by atomic mass is 15.3. The molecule has 0 amide bonds. The van der Waals surface area contributed by atoms with Gasteiger partial charge in [0, 0.05) is 22.8 Å². The topological polar surface area (TPSA) is 66.6 Å². The van der Waals surface area contributed by atoms with Crippen LogP contribution in [0.25, 0.3) is 10.4 Å². The standard InChI is InChI=1S/C7H11N5/c1-6(2)12-7(3-4-10-12)5-9-11-8/h3-4,6H,5H2,1-2H3. The maximum atomic E-state index is 8.12. The van der Waals surface area contributed by atoms with Crippen molar-refractivity contribution in [1.29, 1.82) is 0 Å². The Morgan fingerprint density at radius 3 is 3.08 bits per heavy atom. The summed E-state index contributed by atoms with van der Waals surface area (Å²) in [7, 11) is 0. The van der Waals surface area contributed by atoms with Gasteiger partial charge in [0.15, 0.2) is 0 Å². The molecule has 0 unspecified atom stereocenters. The van der Waals surface area contributed by atoms with Crippen LogP contribution in [0, 0.1) is 0 Å². The van der Waals surface area contributed by atoms with Crippen molar-refractivity contribution >= 4 is 0 Å². The van der Waals surface area contributed by atoms with Gasteiger partial charge in [0.25, 0.3) is 0 Å². The minimum Gasteiger partial charge on any atom is -0.267 e. The average Bonchev–Trinajstić information content (AvgIpc) is 2.48. The highest BCUT2D eigenvalue weighted by Crippen LogP contribution is 2.08. The van der Waals surface area contributed by atoms with Gasteiger partial charge in [-0.25, -0.2) is 0 Å². The largest absolute Gasteiger partial charge is 0.267 e. The molecule has 5 heteroatoms. The number of aromatic nitrogens is 2. The van der Waals surface area contributed by atoms with Crippen LogP contribution in [-0.2, 0) is 6.54 Å². The van der Waals surface area contributed by atoms with Crippen LogP contribution in [0.4, 0.5) is 0 Å². The monoisotopic (exact) mass is 165 g/mol. The highest BCUT2D eigenvalue weighted by Gasteiger charge is 2.03. The molecule has 0 spiro atoms. The molecule has 0 radical (unpaired) electrons. The van der Waals surface area contributed by atoms with E-state index in [1.165, 1.54) is 0 Å². The van der Waals surface area contributed by atoms with Gasteiger partial charge >= 0.3 is 0 Å². The van der Waals surface area contributed by atoms with E-state index in [1.807, 2.05) is 24.6 Å². The first-order valence-corrected chi connectivity index (χ1v) is 3.79. The van der Waals surface area contributed by atoms with Crippen LogP contribution in [0.5, 0.6) is 0 Å². The SMILES string of the molecule is CC(C)n1nccc1CN=[N+]=[N-]. The summed E-state index contributed by atoms with van der Waals surface area (Å²) in [5, 5.41) is 7.58. The van der Waals surface area contributed by atoms with Crippen molar-refractivity contribution in [2.75, 3.05) is 0 Å². The van der Waals surface area contributed by atoms with Crippen LogP contribution in [-0.4, -0.2) is 9.78 Å². The maximum Gasteiger partial charge on any atom is 0.0681 e. The van der Waals surface area contributed by atoms with Gasteiger partial charge in [-0.15, -0.1) is 0 Å². The van der Waals surface area contributed by atoms with Crippen molar-refractivity contribution < 1.29 is 0 Å². The number of rotatable bonds is 3. The van der Waals surface area contributed by atoms with E-state index in [2.05, 4.69) is 15.1 Å². The van der Waals surface area contributed by atoms with Crippen LogP contribution in [0.1, 0.15) is 25.6 Å². The second-order valence-corrected chi connectivity index (χ2v) is 2.75. The van der Waals surface area contributed by atoms with E-state index >= 15 is 0 Å². The molecule has 5 nitrogen and oxygen atoms in total. The van der Waals surface area contributed by atoms with Crippen LogP contribution in [0.2, 0.25) is 0 Å². The van der Waals surface area contributed by atoms with Gasteiger partial charge in [-0.2, -0.15) is 5.10 Å². The van der Waals surface area contributed by atoms with Crippen molar-refractivity contribution in [3.63, 3.8) is 0 Å².